The van der Waals surface area contributed by atoms with E-state index >= 15 is 0 Å². The van der Waals surface area contributed by atoms with Crippen LogP contribution in [0, 0.1) is 12.7 Å². The zero-order valence-corrected chi connectivity index (χ0v) is 7.65. The first kappa shape index (κ1) is 9.95. The number of rotatable bonds is 1. The van der Waals surface area contributed by atoms with Crippen molar-refractivity contribution in [3.05, 3.63) is 34.1 Å². The van der Waals surface area contributed by atoms with Crippen LogP contribution < -0.4 is 11.3 Å². The highest BCUT2D eigenvalue weighted by atomic mass is 35.5. The van der Waals surface area contributed by atoms with Gasteiger partial charge in [-0.1, -0.05) is 11.6 Å². The van der Waals surface area contributed by atoms with Crippen molar-refractivity contribution in [2.24, 2.45) is 5.84 Å². The number of hydrogen-bond donors (Lipinski definition) is 2. The molecular formula is C8H8ClFN2O. The van der Waals surface area contributed by atoms with Gasteiger partial charge >= 0.3 is 0 Å². The Morgan fingerprint density at radius 1 is 1.62 bits per heavy atom. The number of carbonyl (C=O) groups is 1. The van der Waals surface area contributed by atoms with Crippen LogP contribution in [0.1, 0.15) is 15.9 Å². The van der Waals surface area contributed by atoms with Crippen molar-refractivity contribution >= 4 is 17.5 Å². The highest BCUT2D eigenvalue weighted by molar-refractivity contribution is 6.31. The molecule has 1 amide bonds. The predicted molar refractivity (Wildman–Crippen MR) is 47.8 cm³/mol. The maximum atomic E-state index is 12.8. The van der Waals surface area contributed by atoms with E-state index in [1.165, 1.54) is 0 Å². The maximum absolute atomic E-state index is 12.8. The molecule has 0 radical (unpaired) electrons. The Morgan fingerprint density at radius 2 is 2.23 bits per heavy atom. The standard InChI is InChI=1S/C8H8ClFN2O/c1-4-6(8(13)12-11)2-5(10)3-7(4)9/h2-3H,11H2,1H3,(H,12,13). The average molecular weight is 203 g/mol. The van der Waals surface area contributed by atoms with Crippen LogP contribution in [0.15, 0.2) is 12.1 Å². The quantitative estimate of drug-likeness (QED) is 0.411. The Kier molecular flexibility index (Phi) is 2.85. The molecule has 0 spiro atoms. The van der Waals surface area contributed by atoms with Crippen molar-refractivity contribution in [2.75, 3.05) is 0 Å². The lowest BCUT2D eigenvalue weighted by Gasteiger charge is -2.05. The van der Waals surface area contributed by atoms with Gasteiger partial charge in [0, 0.05) is 10.6 Å². The Morgan fingerprint density at radius 3 is 2.77 bits per heavy atom. The molecule has 1 aromatic rings. The van der Waals surface area contributed by atoms with Crippen molar-refractivity contribution in [3.8, 4) is 0 Å². The van der Waals surface area contributed by atoms with Gasteiger partial charge in [0.2, 0.25) is 0 Å². The van der Waals surface area contributed by atoms with Crippen molar-refractivity contribution in [2.45, 2.75) is 6.92 Å². The minimum absolute atomic E-state index is 0.146. The summed E-state index contributed by atoms with van der Waals surface area (Å²) in [7, 11) is 0. The van der Waals surface area contributed by atoms with Gasteiger partial charge in [-0.25, -0.2) is 10.2 Å². The number of carbonyl (C=O) groups excluding carboxylic acids is 1. The largest absolute Gasteiger partial charge is 0.290 e. The van der Waals surface area contributed by atoms with E-state index in [2.05, 4.69) is 0 Å². The van der Waals surface area contributed by atoms with Crippen LogP contribution in [0.2, 0.25) is 5.02 Å². The number of halogens is 2. The molecule has 1 rings (SSSR count). The second-order valence-electron chi connectivity index (χ2n) is 2.53. The molecule has 3 nitrogen and oxygen atoms in total. The molecule has 0 bridgehead atoms. The van der Waals surface area contributed by atoms with E-state index in [0.29, 0.717) is 5.56 Å². The summed E-state index contributed by atoms with van der Waals surface area (Å²) in [5, 5.41) is 0.207. The smallest absolute Gasteiger partial charge is 0.265 e. The molecule has 0 saturated carbocycles. The number of nitrogens with two attached hydrogens (primary N) is 1. The number of hydrazine groups is 1. The van der Waals surface area contributed by atoms with Gasteiger partial charge in [0.05, 0.1) is 0 Å². The summed E-state index contributed by atoms with van der Waals surface area (Å²) in [6.45, 7) is 1.62. The van der Waals surface area contributed by atoms with E-state index in [1.807, 2.05) is 5.43 Å². The lowest BCUT2D eigenvalue weighted by molar-refractivity contribution is 0.0952. The molecule has 5 heteroatoms. The first-order valence-corrected chi connectivity index (χ1v) is 3.90. The molecule has 70 valence electrons. The molecule has 0 saturated heterocycles. The SMILES string of the molecule is Cc1c(Cl)cc(F)cc1C(=O)NN. The summed E-state index contributed by atoms with van der Waals surface area (Å²) in [4.78, 5) is 11.1. The Hall–Kier alpha value is -1.13. The molecule has 0 fully saturated rings. The van der Waals surface area contributed by atoms with Crippen LogP contribution in [-0.4, -0.2) is 5.91 Å². The minimum atomic E-state index is -0.561. The highest BCUT2D eigenvalue weighted by Crippen LogP contribution is 2.20. The fraction of sp³-hybridized carbons (Fsp3) is 0.125. The van der Waals surface area contributed by atoms with E-state index in [9.17, 15) is 9.18 Å². The van der Waals surface area contributed by atoms with Gasteiger partial charge in [-0.15, -0.1) is 0 Å². The van der Waals surface area contributed by atoms with Crippen LogP contribution in [0.5, 0.6) is 0 Å². The summed E-state index contributed by atoms with van der Waals surface area (Å²) in [5.41, 5.74) is 2.56. The summed E-state index contributed by atoms with van der Waals surface area (Å²) < 4.78 is 12.8. The molecule has 0 unspecified atom stereocenters. The number of nitrogens with one attached hydrogen (secondary N) is 1. The second kappa shape index (κ2) is 3.72. The molecule has 0 heterocycles. The number of benzene rings is 1. The summed E-state index contributed by atoms with van der Waals surface area (Å²) in [6, 6.07) is 2.23. The predicted octanol–water partition coefficient (Wildman–Crippen LogP) is 1.39. The van der Waals surface area contributed by atoms with Crippen LogP contribution in [0.3, 0.4) is 0 Å². The van der Waals surface area contributed by atoms with Crippen LogP contribution in [-0.2, 0) is 0 Å². The summed E-state index contributed by atoms with van der Waals surface area (Å²) in [6.07, 6.45) is 0. The fourth-order valence-corrected chi connectivity index (χ4v) is 1.17. The van der Waals surface area contributed by atoms with Gasteiger partial charge in [-0.2, -0.15) is 0 Å². The highest BCUT2D eigenvalue weighted by Gasteiger charge is 2.11. The van der Waals surface area contributed by atoms with Gasteiger partial charge in [-0.05, 0) is 24.6 Å². The summed E-state index contributed by atoms with van der Waals surface area (Å²) >= 11 is 5.66. The third-order valence-electron chi connectivity index (χ3n) is 1.68. The molecule has 0 aliphatic rings. The molecule has 13 heavy (non-hydrogen) atoms. The van der Waals surface area contributed by atoms with Crippen molar-refractivity contribution in [3.63, 3.8) is 0 Å². The van der Waals surface area contributed by atoms with Gasteiger partial charge in [-0.3, -0.25) is 10.2 Å². The second-order valence-corrected chi connectivity index (χ2v) is 2.94. The van der Waals surface area contributed by atoms with Crippen LogP contribution in [0.4, 0.5) is 4.39 Å². The summed E-state index contributed by atoms with van der Waals surface area (Å²) in [5.74, 6) is 3.79. The zero-order valence-electron chi connectivity index (χ0n) is 6.90. The fourth-order valence-electron chi connectivity index (χ4n) is 0.959. The van der Waals surface area contributed by atoms with Crippen molar-refractivity contribution in [1.29, 1.82) is 0 Å². The Labute approximate surface area is 79.7 Å². The number of nitrogen functional groups attached to an aromatic ring is 1. The van der Waals surface area contributed by atoms with E-state index in [-0.39, 0.29) is 10.6 Å². The third-order valence-corrected chi connectivity index (χ3v) is 2.08. The molecule has 0 aliphatic carbocycles. The molecule has 3 N–H and O–H groups in total. The third kappa shape index (κ3) is 1.96. The maximum Gasteiger partial charge on any atom is 0.265 e. The lowest BCUT2D eigenvalue weighted by atomic mass is 10.1. The van der Waals surface area contributed by atoms with Gasteiger partial charge < -0.3 is 0 Å². The van der Waals surface area contributed by atoms with E-state index < -0.39 is 11.7 Å². The van der Waals surface area contributed by atoms with Gasteiger partial charge in [0.25, 0.3) is 5.91 Å². The molecule has 0 atom stereocenters. The van der Waals surface area contributed by atoms with Crippen LogP contribution in [0.25, 0.3) is 0 Å². The lowest BCUT2D eigenvalue weighted by Crippen LogP contribution is -2.30. The van der Waals surface area contributed by atoms with Gasteiger partial charge in [0.15, 0.2) is 0 Å². The van der Waals surface area contributed by atoms with E-state index in [4.69, 9.17) is 17.4 Å². The van der Waals surface area contributed by atoms with E-state index in [1.54, 1.807) is 6.92 Å². The normalized spacial score (nSPS) is 9.85. The van der Waals surface area contributed by atoms with Crippen LogP contribution >= 0.6 is 11.6 Å². The zero-order chi connectivity index (χ0) is 10.0. The Balaban J connectivity index is 3.28. The number of amides is 1. The molecule has 1 aromatic carbocycles. The van der Waals surface area contributed by atoms with Crippen molar-refractivity contribution < 1.29 is 9.18 Å². The Bertz CT molecular complexity index is 354. The number of hydrogen-bond acceptors (Lipinski definition) is 2. The average Bonchev–Trinajstić information content (AvgIpc) is 2.10. The minimum Gasteiger partial charge on any atom is -0.290 e. The van der Waals surface area contributed by atoms with E-state index in [0.717, 1.165) is 12.1 Å². The van der Waals surface area contributed by atoms with Gasteiger partial charge in [0.1, 0.15) is 5.82 Å². The first-order valence-electron chi connectivity index (χ1n) is 3.53. The molecule has 0 aliphatic heterocycles. The monoisotopic (exact) mass is 202 g/mol. The van der Waals surface area contributed by atoms with Crippen molar-refractivity contribution in [1.82, 2.24) is 5.43 Å². The topological polar surface area (TPSA) is 55.1 Å². The molecule has 0 aromatic heterocycles. The first-order chi connectivity index (χ1) is 6.06. The molecular weight excluding hydrogens is 195 g/mol.